The van der Waals surface area contributed by atoms with Crippen molar-refractivity contribution in [2.45, 2.75) is 26.1 Å². The summed E-state index contributed by atoms with van der Waals surface area (Å²) in [7, 11) is 3.97. The first-order valence-corrected chi connectivity index (χ1v) is 10.9. The number of nitrogens with one attached hydrogen (secondary N) is 1. The third-order valence-electron chi connectivity index (χ3n) is 5.51. The molecule has 1 N–H and O–H groups in total. The Morgan fingerprint density at radius 1 is 1.06 bits per heavy atom. The summed E-state index contributed by atoms with van der Waals surface area (Å²) in [5.41, 5.74) is 3.80. The van der Waals surface area contributed by atoms with Gasteiger partial charge in [0.1, 0.15) is 5.69 Å². The average Bonchev–Trinajstić information content (AvgIpc) is 3.16. The SMILES string of the molecule is CN(C)c1ccc(CNC(=O)c2cc3n(n2)CCCN(Cc2ccc(Cl)cc2)C3=O)cc1. The van der Waals surface area contributed by atoms with Crippen LogP contribution >= 0.6 is 11.6 Å². The van der Waals surface area contributed by atoms with E-state index in [1.165, 1.54) is 0 Å². The fraction of sp³-hybridized carbons (Fsp3) is 0.292. The van der Waals surface area contributed by atoms with Crippen molar-refractivity contribution in [2.24, 2.45) is 0 Å². The van der Waals surface area contributed by atoms with Crippen molar-refractivity contribution in [2.75, 3.05) is 25.5 Å². The molecule has 8 heteroatoms. The second-order valence-corrected chi connectivity index (χ2v) is 8.52. The van der Waals surface area contributed by atoms with Crippen LogP contribution in [0.4, 0.5) is 5.69 Å². The number of anilines is 1. The quantitative estimate of drug-likeness (QED) is 0.622. The Balaban J connectivity index is 1.43. The highest BCUT2D eigenvalue weighted by Crippen LogP contribution is 2.18. The van der Waals surface area contributed by atoms with E-state index in [0.717, 1.165) is 23.2 Å². The molecule has 0 spiro atoms. The Labute approximate surface area is 192 Å². The minimum absolute atomic E-state index is 0.122. The van der Waals surface area contributed by atoms with Crippen LogP contribution in [0.2, 0.25) is 5.02 Å². The molecule has 0 fully saturated rings. The number of aryl methyl sites for hydroxylation is 1. The van der Waals surface area contributed by atoms with Gasteiger partial charge in [-0.15, -0.1) is 0 Å². The zero-order valence-corrected chi connectivity index (χ0v) is 19.0. The molecule has 0 atom stereocenters. The molecule has 0 radical (unpaired) electrons. The van der Waals surface area contributed by atoms with E-state index in [0.29, 0.717) is 36.9 Å². The van der Waals surface area contributed by atoms with E-state index in [1.54, 1.807) is 15.6 Å². The number of fused-ring (bicyclic) bond motifs is 1. The molecule has 1 aliphatic heterocycles. The Morgan fingerprint density at radius 2 is 1.75 bits per heavy atom. The van der Waals surface area contributed by atoms with Crippen LogP contribution < -0.4 is 10.2 Å². The molecule has 7 nitrogen and oxygen atoms in total. The summed E-state index contributed by atoms with van der Waals surface area (Å²) < 4.78 is 1.64. The first-order chi connectivity index (χ1) is 15.4. The molecule has 0 saturated carbocycles. The number of halogens is 1. The summed E-state index contributed by atoms with van der Waals surface area (Å²) in [6, 6.07) is 17.0. The molecule has 0 saturated heterocycles. The Hall–Kier alpha value is -3.32. The van der Waals surface area contributed by atoms with Crippen molar-refractivity contribution >= 4 is 29.1 Å². The van der Waals surface area contributed by atoms with Crippen LogP contribution in [0.3, 0.4) is 0 Å². The van der Waals surface area contributed by atoms with E-state index in [1.807, 2.05) is 67.5 Å². The van der Waals surface area contributed by atoms with Crippen molar-refractivity contribution < 1.29 is 9.59 Å². The summed E-state index contributed by atoms with van der Waals surface area (Å²) in [4.78, 5) is 29.6. The number of hydrogen-bond acceptors (Lipinski definition) is 4. The van der Waals surface area contributed by atoms with Gasteiger partial charge in [0.15, 0.2) is 5.69 Å². The van der Waals surface area contributed by atoms with Crippen LogP contribution in [-0.4, -0.2) is 47.1 Å². The van der Waals surface area contributed by atoms with Crippen molar-refractivity contribution in [1.29, 1.82) is 0 Å². The second kappa shape index (κ2) is 9.44. The standard InChI is InChI=1S/C24H26ClN5O2/c1-28(2)20-10-6-17(7-11-20)15-26-23(31)21-14-22-24(32)29(12-3-13-30(22)27-21)16-18-4-8-19(25)9-5-18/h4-11,14H,3,12-13,15-16H2,1-2H3,(H,26,31). The highest BCUT2D eigenvalue weighted by molar-refractivity contribution is 6.30. The van der Waals surface area contributed by atoms with E-state index in [-0.39, 0.29) is 17.5 Å². The number of rotatable bonds is 6. The molecule has 32 heavy (non-hydrogen) atoms. The molecular formula is C24H26ClN5O2. The Kier molecular flexibility index (Phi) is 6.46. The molecule has 2 amide bonds. The molecule has 1 aromatic heterocycles. The number of amides is 2. The van der Waals surface area contributed by atoms with Crippen molar-refractivity contribution in [3.05, 3.63) is 82.1 Å². The lowest BCUT2D eigenvalue weighted by Crippen LogP contribution is -2.30. The summed E-state index contributed by atoms with van der Waals surface area (Å²) in [6.07, 6.45) is 0.771. The summed E-state index contributed by atoms with van der Waals surface area (Å²) >= 11 is 5.96. The van der Waals surface area contributed by atoms with Crippen LogP contribution in [0.5, 0.6) is 0 Å². The zero-order valence-electron chi connectivity index (χ0n) is 18.2. The van der Waals surface area contributed by atoms with Gasteiger partial charge in [0.05, 0.1) is 0 Å². The van der Waals surface area contributed by atoms with Crippen molar-refractivity contribution in [3.8, 4) is 0 Å². The fourth-order valence-electron chi connectivity index (χ4n) is 3.69. The van der Waals surface area contributed by atoms with Crippen LogP contribution in [0.15, 0.2) is 54.6 Å². The molecule has 1 aliphatic rings. The largest absolute Gasteiger partial charge is 0.378 e. The Bertz CT molecular complexity index is 1110. The summed E-state index contributed by atoms with van der Waals surface area (Å²) in [5, 5.41) is 7.96. The van der Waals surface area contributed by atoms with E-state index < -0.39 is 0 Å². The molecule has 4 rings (SSSR count). The monoisotopic (exact) mass is 451 g/mol. The van der Waals surface area contributed by atoms with Gasteiger partial charge < -0.3 is 15.1 Å². The zero-order chi connectivity index (χ0) is 22.7. The third kappa shape index (κ3) is 4.94. The number of hydrogen-bond donors (Lipinski definition) is 1. The second-order valence-electron chi connectivity index (χ2n) is 8.09. The maximum atomic E-state index is 13.1. The first-order valence-electron chi connectivity index (χ1n) is 10.6. The molecule has 2 aromatic carbocycles. The smallest absolute Gasteiger partial charge is 0.272 e. The lowest BCUT2D eigenvalue weighted by Gasteiger charge is -2.20. The minimum Gasteiger partial charge on any atom is -0.378 e. The lowest BCUT2D eigenvalue weighted by molar-refractivity contribution is 0.0745. The molecule has 3 aromatic rings. The number of nitrogens with zero attached hydrogens (tertiary/aromatic N) is 4. The van der Waals surface area contributed by atoms with Gasteiger partial charge in [-0.3, -0.25) is 14.3 Å². The van der Waals surface area contributed by atoms with Gasteiger partial charge in [-0.25, -0.2) is 0 Å². The highest BCUT2D eigenvalue weighted by Gasteiger charge is 2.26. The number of benzene rings is 2. The molecule has 166 valence electrons. The van der Waals surface area contributed by atoms with Crippen LogP contribution in [0, 0.1) is 0 Å². The predicted octanol–water partition coefficient (Wildman–Crippen LogP) is 3.58. The van der Waals surface area contributed by atoms with Gasteiger partial charge in [0, 0.05) is 57.1 Å². The van der Waals surface area contributed by atoms with Crippen molar-refractivity contribution in [3.63, 3.8) is 0 Å². The number of carbonyl (C=O) groups is 2. The van der Waals surface area contributed by atoms with E-state index in [9.17, 15) is 9.59 Å². The normalized spacial score (nSPS) is 13.5. The van der Waals surface area contributed by atoms with E-state index in [4.69, 9.17) is 11.6 Å². The topological polar surface area (TPSA) is 70.5 Å². The van der Waals surface area contributed by atoms with Gasteiger partial charge in [-0.2, -0.15) is 5.10 Å². The van der Waals surface area contributed by atoms with Crippen LogP contribution in [0.1, 0.15) is 38.5 Å². The van der Waals surface area contributed by atoms with Crippen molar-refractivity contribution in [1.82, 2.24) is 20.0 Å². The fourth-order valence-corrected chi connectivity index (χ4v) is 3.82. The first kappa shape index (κ1) is 21.9. The van der Waals surface area contributed by atoms with Crippen LogP contribution in [-0.2, 0) is 19.6 Å². The average molecular weight is 452 g/mol. The van der Waals surface area contributed by atoms with Gasteiger partial charge in [-0.05, 0) is 41.8 Å². The van der Waals surface area contributed by atoms with Gasteiger partial charge in [-0.1, -0.05) is 35.9 Å². The van der Waals surface area contributed by atoms with E-state index >= 15 is 0 Å². The molecule has 0 unspecified atom stereocenters. The summed E-state index contributed by atoms with van der Waals surface area (Å²) in [5.74, 6) is -0.414. The van der Waals surface area contributed by atoms with Crippen LogP contribution in [0.25, 0.3) is 0 Å². The van der Waals surface area contributed by atoms with E-state index in [2.05, 4.69) is 10.4 Å². The minimum atomic E-state index is -0.292. The third-order valence-corrected chi connectivity index (χ3v) is 5.76. The van der Waals surface area contributed by atoms with Gasteiger partial charge >= 0.3 is 0 Å². The molecule has 2 heterocycles. The van der Waals surface area contributed by atoms with Gasteiger partial charge in [0.2, 0.25) is 0 Å². The predicted molar refractivity (Wildman–Crippen MR) is 125 cm³/mol. The lowest BCUT2D eigenvalue weighted by atomic mass is 10.2. The highest BCUT2D eigenvalue weighted by atomic mass is 35.5. The molecule has 0 aliphatic carbocycles. The number of aromatic nitrogens is 2. The molecular weight excluding hydrogens is 426 g/mol. The molecule has 0 bridgehead atoms. The Morgan fingerprint density at radius 3 is 2.44 bits per heavy atom. The summed E-state index contributed by atoms with van der Waals surface area (Å²) in [6.45, 7) is 2.11. The number of carbonyl (C=O) groups excluding carboxylic acids is 2. The maximum absolute atomic E-state index is 13.1. The van der Waals surface area contributed by atoms with Gasteiger partial charge in [0.25, 0.3) is 11.8 Å². The maximum Gasteiger partial charge on any atom is 0.272 e.